The molecule has 2 aliphatic carbocycles. The van der Waals surface area contributed by atoms with E-state index in [1.165, 1.54) is 0 Å². The summed E-state index contributed by atoms with van der Waals surface area (Å²) in [7, 11) is -2.92. The van der Waals surface area contributed by atoms with Crippen LogP contribution < -0.4 is 0 Å². The summed E-state index contributed by atoms with van der Waals surface area (Å²) in [4.78, 5) is 8.73. The van der Waals surface area contributed by atoms with E-state index in [9.17, 15) is 25.0 Å². The molecule has 3 fully saturated rings. The fourth-order valence-corrected chi connectivity index (χ4v) is 4.48. The van der Waals surface area contributed by atoms with Gasteiger partial charge in [-0.25, -0.2) is 0 Å². The standard InChI is InChI=1S/C17H31O10P/c18-13-12(8-24-7-10-5-11(6-10)27-28(22)23)26-16(15(20)14(13)19)25-9-17(21)3-1-2-4-17/h10-16,18-21,28H,1-9H2,(H,22,23). The largest absolute Gasteiger partial charge is 0.387 e. The van der Waals surface area contributed by atoms with Crippen molar-refractivity contribution in [3.63, 3.8) is 0 Å². The minimum atomic E-state index is -2.92. The molecule has 1 saturated heterocycles. The third-order valence-corrected chi connectivity index (χ3v) is 6.35. The molecule has 0 aromatic carbocycles. The van der Waals surface area contributed by atoms with E-state index in [0.717, 1.165) is 12.8 Å². The van der Waals surface area contributed by atoms with Crippen LogP contribution in [0.15, 0.2) is 0 Å². The molecule has 11 heteroatoms. The van der Waals surface area contributed by atoms with Crippen molar-refractivity contribution in [3.05, 3.63) is 0 Å². The SMILES string of the molecule is O=[PH](O)OC1CC(COCC2OC(OCC3(O)CCCC3)C(O)C(O)C2O)C1. The molecule has 6 atom stereocenters. The minimum absolute atomic E-state index is 0.00625. The van der Waals surface area contributed by atoms with Crippen LogP contribution in [0, 0.1) is 5.92 Å². The Balaban J connectivity index is 1.41. The second-order valence-electron chi connectivity index (χ2n) is 8.14. The molecule has 1 aliphatic heterocycles. The Labute approximate surface area is 164 Å². The molecule has 0 aromatic heterocycles. The van der Waals surface area contributed by atoms with Gasteiger partial charge in [-0.15, -0.1) is 0 Å². The van der Waals surface area contributed by atoms with Crippen LogP contribution in [0.25, 0.3) is 0 Å². The Hall–Kier alpha value is -0.130. The lowest BCUT2D eigenvalue weighted by Crippen LogP contribution is -2.60. The number of aliphatic hydroxyl groups is 4. The van der Waals surface area contributed by atoms with Gasteiger partial charge in [0.25, 0.3) is 0 Å². The molecular weight excluding hydrogens is 395 g/mol. The topological polar surface area (TPSA) is 155 Å². The molecular formula is C17H31O10P. The quantitative estimate of drug-likeness (QED) is 0.299. The van der Waals surface area contributed by atoms with E-state index in [1.807, 2.05) is 0 Å². The lowest BCUT2D eigenvalue weighted by atomic mass is 9.83. The number of hydrogen-bond donors (Lipinski definition) is 5. The van der Waals surface area contributed by atoms with Gasteiger partial charge in [-0.2, -0.15) is 0 Å². The monoisotopic (exact) mass is 426 g/mol. The van der Waals surface area contributed by atoms with E-state index in [0.29, 0.717) is 32.3 Å². The zero-order valence-electron chi connectivity index (χ0n) is 15.7. The highest BCUT2D eigenvalue weighted by Gasteiger charge is 2.45. The van der Waals surface area contributed by atoms with E-state index < -0.39 is 44.6 Å². The van der Waals surface area contributed by atoms with Crippen LogP contribution in [-0.4, -0.2) is 87.6 Å². The first-order valence-electron chi connectivity index (χ1n) is 9.78. The zero-order valence-corrected chi connectivity index (χ0v) is 16.7. The van der Waals surface area contributed by atoms with Gasteiger partial charge < -0.3 is 44.1 Å². The van der Waals surface area contributed by atoms with Crippen molar-refractivity contribution >= 4 is 8.25 Å². The number of ether oxygens (including phenoxy) is 3. The van der Waals surface area contributed by atoms with E-state index in [-0.39, 0.29) is 25.2 Å². The predicted molar refractivity (Wildman–Crippen MR) is 95.7 cm³/mol. The third kappa shape index (κ3) is 5.72. The molecule has 5 N–H and O–H groups in total. The van der Waals surface area contributed by atoms with Crippen molar-refractivity contribution in [1.29, 1.82) is 0 Å². The van der Waals surface area contributed by atoms with Crippen molar-refractivity contribution in [2.75, 3.05) is 19.8 Å². The van der Waals surface area contributed by atoms with Crippen LogP contribution in [0.1, 0.15) is 38.5 Å². The molecule has 3 aliphatic rings. The van der Waals surface area contributed by atoms with Crippen molar-refractivity contribution in [1.82, 2.24) is 0 Å². The number of hydrogen-bond acceptors (Lipinski definition) is 9. The Morgan fingerprint density at radius 3 is 2.36 bits per heavy atom. The molecule has 28 heavy (non-hydrogen) atoms. The molecule has 1 heterocycles. The molecule has 0 spiro atoms. The Kier molecular flexibility index (Phi) is 7.88. The smallest absolute Gasteiger partial charge is 0.316 e. The molecule has 3 rings (SSSR count). The van der Waals surface area contributed by atoms with Gasteiger partial charge >= 0.3 is 8.25 Å². The van der Waals surface area contributed by atoms with Crippen molar-refractivity contribution in [3.8, 4) is 0 Å². The molecule has 2 saturated carbocycles. The summed E-state index contributed by atoms with van der Waals surface area (Å²) < 4.78 is 32.1. The summed E-state index contributed by atoms with van der Waals surface area (Å²) in [5, 5.41) is 40.7. The van der Waals surface area contributed by atoms with E-state index >= 15 is 0 Å². The van der Waals surface area contributed by atoms with Gasteiger partial charge in [0.05, 0.1) is 24.9 Å². The highest BCUT2D eigenvalue weighted by Crippen LogP contribution is 2.36. The first-order valence-corrected chi connectivity index (χ1v) is 11.0. The fourth-order valence-electron chi connectivity index (χ4n) is 4.01. The molecule has 0 bridgehead atoms. The summed E-state index contributed by atoms with van der Waals surface area (Å²) in [6.45, 7) is 0.346. The highest BCUT2D eigenvalue weighted by molar-refractivity contribution is 7.32. The van der Waals surface area contributed by atoms with Gasteiger partial charge in [-0.3, -0.25) is 4.57 Å². The molecule has 0 aromatic rings. The minimum Gasteiger partial charge on any atom is -0.387 e. The Bertz CT molecular complexity index is 522. The van der Waals surface area contributed by atoms with Gasteiger partial charge in [0, 0.05) is 6.61 Å². The van der Waals surface area contributed by atoms with Crippen molar-refractivity contribution in [2.45, 2.75) is 80.9 Å². The molecule has 0 radical (unpaired) electrons. The van der Waals surface area contributed by atoms with Gasteiger partial charge in [-0.05, 0) is 31.6 Å². The summed E-state index contributed by atoms with van der Waals surface area (Å²) in [5.41, 5.74) is -0.946. The average molecular weight is 426 g/mol. The number of aliphatic hydroxyl groups excluding tert-OH is 3. The summed E-state index contributed by atoms with van der Waals surface area (Å²) in [6.07, 6.45) is -2.19. The summed E-state index contributed by atoms with van der Waals surface area (Å²) in [6, 6.07) is 0. The van der Waals surface area contributed by atoms with E-state index in [2.05, 4.69) is 0 Å². The van der Waals surface area contributed by atoms with Gasteiger partial charge in [0.15, 0.2) is 6.29 Å². The molecule has 6 unspecified atom stereocenters. The highest BCUT2D eigenvalue weighted by atomic mass is 31.1. The maximum Gasteiger partial charge on any atom is 0.316 e. The maximum atomic E-state index is 10.6. The summed E-state index contributed by atoms with van der Waals surface area (Å²) in [5.74, 6) is 0.186. The van der Waals surface area contributed by atoms with Crippen LogP contribution >= 0.6 is 8.25 Å². The lowest BCUT2D eigenvalue weighted by molar-refractivity contribution is -0.310. The molecule has 0 amide bonds. The maximum absolute atomic E-state index is 10.6. The first-order chi connectivity index (χ1) is 13.3. The predicted octanol–water partition coefficient (Wildman–Crippen LogP) is -0.691. The van der Waals surface area contributed by atoms with Crippen LogP contribution in [0.3, 0.4) is 0 Å². The van der Waals surface area contributed by atoms with E-state index in [4.69, 9.17) is 23.6 Å². The Morgan fingerprint density at radius 2 is 1.71 bits per heavy atom. The van der Waals surface area contributed by atoms with E-state index in [1.54, 1.807) is 0 Å². The average Bonchev–Trinajstić information content (AvgIpc) is 3.05. The normalized spacial score (nSPS) is 41.5. The molecule has 164 valence electrons. The second-order valence-corrected chi connectivity index (χ2v) is 8.91. The third-order valence-electron chi connectivity index (χ3n) is 5.81. The van der Waals surface area contributed by atoms with Gasteiger partial charge in [0.1, 0.15) is 24.4 Å². The Morgan fingerprint density at radius 1 is 1.04 bits per heavy atom. The van der Waals surface area contributed by atoms with Crippen molar-refractivity contribution in [2.24, 2.45) is 5.92 Å². The van der Waals surface area contributed by atoms with Crippen LogP contribution in [0.5, 0.6) is 0 Å². The first kappa shape index (κ1) is 22.6. The van der Waals surface area contributed by atoms with Crippen LogP contribution in [0.4, 0.5) is 0 Å². The summed E-state index contributed by atoms with van der Waals surface area (Å²) >= 11 is 0. The lowest BCUT2D eigenvalue weighted by Gasteiger charge is -2.41. The second kappa shape index (κ2) is 9.78. The van der Waals surface area contributed by atoms with Gasteiger partial charge in [-0.1, -0.05) is 12.8 Å². The zero-order chi connectivity index (χ0) is 20.3. The fraction of sp³-hybridized carbons (Fsp3) is 1.00. The van der Waals surface area contributed by atoms with Gasteiger partial charge in [0.2, 0.25) is 0 Å². The van der Waals surface area contributed by atoms with Crippen LogP contribution in [0.2, 0.25) is 0 Å². The number of rotatable bonds is 9. The van der Waals surface area contributed by atoms with Crippen LogP contribution in [-0.2, 0) is 23.3 Å². The molecule has 10 nitrogen and oxygen atoms in total. The van der Waals surface area contributed by atoms with Crippen molar-refractivity contribution < 1.29 is 48.6 Å².